The normalized spacial score (nSPS) is 17.3. The zero-order valence-electron chi connectivity index (χ0n) is 20.2. The lowest BCUT2D eigenvalue weighted by Crippen LogP contribution is -2.63. The van der Waals surface area contributed by atoms with E-state index in [2.05, 4.69) is 24.5 Å². The van der Waals surface area contributed by atoms with E-state index in [4.69, 9.17) is 5.11 Å². The first-order valence-corrected chi connectivity index (χ1v) is 11.0. The van der Waals surface area contributed by atoms with E-state index in [1.54, 1.807) is 14.1 Å². The van der Waals surface area contributed by atoms with E-state index < -0.39 is 23.0 Å². The first-order valence-electron chi connectivity index (χ1n) is 11.0. The second-order valence-corrected chi connectivity index (χ2v) is 9.28. The van der Waals surface area contributed by atoms with Crippen LogP contribution in [0.4, 0.5) is 0 Å². The van der Waals surface area contributed by atoms with Gasteiger partial charge >= 0.3 is 5.97 Å². The van der Waals surface area contributed by atoms with Crippen LogP contribution >= 0.6 is 0 Å². The monoisotopic (exact) mass is 425 g/mol. The molecule has 1 aliphatic rings. The maximum atomic E-state index is 13.1. The number of likely N-dealkylation sites (N-methyl/N-ethyl adjacent to an activating group) is 2. The fraction of sp³-hybridized carbons (Fsp3) is 0.783. The van der Waals surface area contributed by atoms with Crippen LogP contribution in [0.1, 0.15) is 80.1 Å². The molecule has 2 amide bonds. The highest BCUT2D eigenvalue weighted by Crippen LogP contribution is 2.29. The van der Waals surface area contributed by atoms with Gasteiger partial charge in [0.2, 0.25) is 11.8 Å². The standard InChI is InChI=1S/C20H35N3O4.C3H8/c1-14(17(25)26)10-13-23(6)16(24)15(19(2,3)4)22-18(27)20(21-5)11-8-7-9-12-20;1-3-2/h10,15,21H,7-9,11-13H2,1-6H3,(H,22,27)(H,25,26);3H2,1-2H3/b14-10+;. The van der Waals surface area contributed by atoms with Crippen molar-refractivity contribution in [2.75, 3.05) is 20.6 Å². The Bertz CT molecular complexity index is 602. The first kappa shape index (κ1) is 28.1. The van der Waals surface area contributed by atoms with Gasteiger partial charge in [0.25, 0.3) is 0 Å². The highest BCUT2D eigenvalue weighted by atomic mass is 16.4. The average Bonchev–Trinajstić information content (AvgIpc) is 2.69. The lowest BCUT2D eigenvalue weighted by atomic mass is 9.79. The number of amides is 2. The van der Waals surface area contributed by atoms with Gasteiger partial charge in [0, 0.05) is 19.2 Å². The maximum absolute atomic E-state index is 13.1. The Morgan fingerprint density at radius 2 is 1.63 bits per heavy atom. The fourth-order valence-corrected chi connectivity index (χ4v) is 3.34. The van der Waals surface area contributed by atoms with Crippen LogP contribution < -0.4 is 10.6 Å². The Hall–Kier alpha value is -1.89. The molecule has 0 aromatic heterocycles. The van der Waals surface area contributed by atoms with Crippen molar-refractivity contribution < 1.29 is 19.5 Å². The minimum absolute atomic E-state index is 0.136. The van der Waals surface area contributed by atoms with Crippen molar-refractivity contribution in [3.05, 3.63) is 11.6 Å². The Morgan fingerprint density at radius 3 is 2.03 bits per heavy atom. The topological polar surface area (TPSA) is 98.7 Å². The Morgan fingerprint density at radius 1 is 1.13 bits per heavy atom. The summed E-state index contributed by atoms with van der Waals surface area (Å²) in [5, 5.41) is 15.1. The molecule has 7 heteroatoms. The van der Waals surface area contributed by atoms with Gasteiger partial charge in [-0.15, -0.1) is 0 Å². The number of carboxylic acids is 1. The van der Waals surface area contributed by atoms with Gasteiger partial charge in [0.15, 0.2) is 0 Å². The van der Waals surface area contributed by atoms with Gasteiger partial charge in [-0.2, -0.15) is 0 Å². The summed E-state index contributed by atoms with van der Waals surface area (Å²) >= 11 is 0. The number of carbonyl (C=O) groups is 3. The van der Waals surface area contributed by atoms with Crippen molar-refractivity contribution in [3.63, 3.8) is 0 Å². The number of hydrogen-bond acceptors (Lipinski definition) is 4. The molecule has 0 heterocycles. The van der Waals surface area contributed by atoms with E-state index in [1.165, 1.54) is 24.3 Å². The first-order chi connectivity index (χ1) is 13.9. The van der Waals surface area contributed by atoms with Gasteiger partial charge in [-0.25, -0.2) is 4.79 Å². The number of aliphatic carboxylic acids is 1. The van der Waals surface area contributed by atoms with Gasteiger partial charge in [0.1, 0.15) is 6.04 Å². The van der Waals surface area contributed by atoms with Crippen LogP contribution in [0.5, 0.6) is 0 Å². The van der Waals surface area contributed by atoms with Crippen molar-refractivity contribution in [2.24, 2.45) is 5.41 Å². The molecule has 0 spiro atoms. The third-order valence-electron chi connectivity index (χ3n) is 5.39. The minimum atomic E-state index is -1.01. The van der Waals surface area contributed by atoms with Crippen LogP contribution in [0.15, 0.2) is 11.6 Å². The molecule has 174 valence electrons. The third kappa shape index (κ3) is 8.46. The van der Waals surface area contributed by atoms with E-state index in [1.807, 2.05) is 20.8 Å². The summed E-state index contributed by atoms with van der Waals surface area (Å²) in [6.45, 7) is 11.7. The van der Waals surface area contributed by atoms with Crippen LogP contribution in [-0.2, 0) is 14.4 Å². The zero-order chi connectivity index (χ0) is 23.5. The predicted molar refractivity (Wildman–Crippen MR) is 121 cm³/mol. The lowest BCUT2D eigenvalue weighted by Gasteiger charge is -2.39. The third-order valence-corrected chi connectivity index (χ3v) is 5.39. The summed E-state index contributed by atoms with van der Waals surface area (Å²) in [4.78, 5) is 38.4. The quantitative estimate of drug-likeness (QED) is 0.543. The van der Waals surface area contributed by atoms with Crippen LogP contribution in [0.25, 0.3) is 0 Å². The predicted octanol–water partition coefficient (Wildman–Crippen LogP) is 3.35. The second-order valence-electron chi connectivity index (χ2n) is 9.28. The molecule has 1 unspecified atom stereocenters. The molecule has 3 N–H and O–H groups in total. The van der Waals surface area contributed by atoms with E-state index >= 15 is 0 Å². The number of rotatable bonds is 7. The van der Waals surface area contributed by atoms with Gasteiger partial charge in [-0.3, -0.25) is 9.59 Å². The summed E-state index contributed by atoms with van der Waals surface area (Å²) in [6, 6.07) is -0.694. The molecule has 30 heavy (non-hydrogen) atoms. The zero-order valence-corrected chi connectivity index (χ0v) is 20.2. The molecule has 1 rings (SSSR count). The molecule has 0 aromatic carbocycles. The molecule has 0 saturated heterocycles. The van der Waals surface area contributed by atoms with E-state index in [0.29, 0.717) is 0 Å². The number of hydrogen-bond donors (Lipinski definition) is 3. The van der Waals surface area contributed by atoms with Crippen LogP contribution in [-0.4, -0.2) is 60.0 Å². The molecule has 0 aromatic rings. The van der Waals surface area contributed by atoms with E-state index in [9.17, 15) is 14.4 Å². The minimum Gasteiger partial charge on any atom is -0.478 e. The fourth-order valence-electron chi connectivity index (χ4n) is 3.34. The number of nitrogens with zero attached hydrogens (tertiary/aromatic N) is 1. The molecule has 7 nitrogen and oxygen atoms in total. The molecule has 0 radical (unpaired) electrons. The van der Waals surface area contributed by atoms with E-state index in [-0.39, 0.29) is 23.9 Å². The molecule has 0 aliphatic heterocycles. The smallest absolute Gasteiger partial charge is 0.331 e. The maximum Gasteiger partial charge on any atom is 0.331 e. The number of nitrogens with one attached hydrogen (secondary N) is 2. The average molecular weight is 426 g/mol. The molecule has 1 atom stereocenters. The molecule has 0 bridgehead atoms. The Kier molecular flexibility index (Phi) is 11.9. The van der Waals surface area contributed by atoms with Crippen molar-refractivity contribution in [1.29, 1.82) is 0 Å². The SMILES string of the molecule is CCC.CNC1(C(=O)NC(C(=O)N(C)C/C=C(\C)C(=O)O)C(C)(C)C)CCCCC1. The molecule has 1 saturated carbocycles. The van der Waals surface area contributed by atoms with Crippen molar-refractivity contribution >= 4 is 17.8 Å². The van der Waals surface area contributed by atoms with Gasteiger partial charge in [-0.05, 0) is 32.2 Å². The van der Waals surface area contributed by atoms with Crippen LogP contribution in [0, 0.1) is 5.41 Å². The summed E-state index contributed by atoms with van der Waals surface area (Å²) in [5.74, 6) is -1.37. The lowest BCUT2D eigenvalue weighted by molar-refractivity contribution is -0.140. The summed E-state index contributed by atoms with van der Waals surface area (Å²) in [6.07, 6.45) is 7.37. The van der Waals surface area contributed by atoms with Crippen molar-refractivity contribution in [1.82, 2.24) is 15.5 Å². The summed E-state index contributed by atoms with van der Waals surface area (Å²) in [5.41, 5.74) is -0.918. The summed E-state index contributed by atoms with van der Waals surface area (Å²) in [7, 11) is 3.41. The Balaban J connectivity index is 0.00000263. The number of carbonyl (C=O) groups excluding carboxylic acids is 2. The highest BCUT2D eigenvalue weighted by molar-refractivity contribution is 5.92. The Labute approximate surface area is 182 Å². The van der Waals surface area contributed by atoms with Crippen LogP contribution in [0.2, 0.25) is 0 Å². The van der Waals surface area contributed by atoms with Gasteiger partial charge < -0.3 is 20.6 Å². The van der Waals surface area contributed by atoms with Crippen molar-refractivity contribution in [2.45, 2.75) is 91.6 Å². The highest BCUT2D eigenvalue weighted by Gasteiger charge is 2.42. The van der Waals surface area contributed by atoms with Crippen LogP contribution in [0.3, 0.4) is 0 Å². The second kappa shape index (κ2) is 12.7. The van der Waals surface area contributed by atoms with Gasteiger partial charge in [0.05, 0.1) is 5.54 Å². The summed E-state index contributed by atoms with van der Waals surface area (Å²) < 4.78 is 0. The molecule has 1 aliphatic carbocycles. The van der Waals surface area contributed by atoms with E-state index in [0.717, 1.165) is 32.1 Å². The van der Waals surface area contributed by atoms with Gasteiger partial charge in [-0.1, -0.05) is 66.4 Å². The number of carboxylic acid groups (broad SMARTS) is 1. The molecular formula is C23H43N3O4. The molecule has 1 fully saturated rings. The largest absolute Gasteiger partial charge is 0.478 e. The molecular weight excluding hydrogens is 382 g/mol. The van der Waals surface area contributed by atoms with Crippen molar-refractivity contribution in [3.8, 4) is 0 Å².